The van der Waals surface area contributed by atoms with Crippen LogP contribution in [0.2, 0.25) is 0 Å². The van der Waals surface area contributed by atoms with Gasteiger partial charge in [-0.15, -0.1) is 0 Å². The number of rotatable bonds is 14. The highest BCUT2D eigenvalue weighted by atomic mass is 16.4. The topological polar surface area (TPSA) is 77.8 Å². The Balaban J connectivity index is 2.45. The van der Waals surface area contributed by atoms with Crippen LogP contribution in [0, 0.1) is 0 Å². The number of hydrogen-bond donors (Lipinski definition) is 3. The number of para-hydroxylation sites is 1. The zero-order valence-corrected chi connectivity index (χ0v) is 16.4. The van der Waals surface area contributed by atoms with Crippen LogP contribution in [0.25, 0.3) is 6.08 Å². The van der Waals surface area contributed by atoms with Crippen molar-refractivity contribution >= 4 is 12.0 Å². The van der Waals surface area contributed by atoms with Crippen LogP contribution in [-0.2, 0) is 11.2 Å². The van der Waals surface area contributed by atoms with Gasteiger partial charge in [0.05, 0.1) is 6.10 Å². The van der Waals surface area contributed by atoms with Gasteiger partial charge in [0.2, 0.25) is 0 Å². The number of aryl methyl sites for hydroxylation is 1. The molecule has 0 spiro atoms. The van der Waals surface area contributed by atoms with Crippen LogP contribution in [0.5, 0.6) is 5.75 Å². The number of benzene rings is 1. The first-order valence-corrected chi connectivity index (χ1v) is 10.1. The minimum Gasteiger partial charge on any atom is -0.507 e. The Labute approximate surface area is 163 Å². The quantitative estimate of drug-likeness (QED) is 0.298. The minimum atomic E-state index is -0.764. The van der Waals surface area contributed by atoms with E-state index in [4.69, 9.17) is 5.11 Å². The number of aliphatic hydroxyl groups excluding tert-OH is 1. The van der Waals surface area contributed by atoms with Gasteiger partial charge in [-0.3, -0.25) is 4.79 Å². The summed E-state index contributed by atoms with van der Waals surface area (Å²) in [6.07, 6.45) is 15.6. The predicted molar refractivity (Wildman–Crippen MR) is 111 cm³/mol. The molecular formula is C23H34O4. The lowest BCUT2D eigenvalue weighted by Crippen LogP contribution is -1.99. The molecule has 0 aliphatic rings. The summed E-state index contributed by atoms with van der Waals surface area (Å²) in [6.45, 7) is 2.18. The van der Waals surface area contributed by atoms with E-state index >= 15 is 0 Å². The lowest BCUT2D eigenvalue weighted by atomic mass is 10.0. The average molecular weight is 375 g/mol. The molecule has 0 bridgehead atoms. The summed E-state index contributed by atoms with van der Waals surface area (Å²) in [5.74, 6) is -0.520. The Morgan fingerprint density at radius 2 is 1.93 bits per heavy atom. The highest BCUT2D eigenvalue weighted by Crippen LogP contribution is 2.25. The van der Waals surface area contributed by atoms with E-state index < -0.39 is 12.1 Å². The highest BCUT2D eigenvalue weighted by Gasteiger charge is 2.06. The number of carboxylic acids is 1. The third-order valence-corrected chi connectivity index (χ3v) is 4.50. The van der Waals surface area contributed by atoms with Crippen LogP contribution >= 0.6 is 0 Å². The Kier molecular flexibility index (Phi) is 11.9. The molecule has 0 saturated carbocycles. The number of unbranched alkanes of at least 4 members (excludes halogenated alkanes) is 5. The number of aliphatic hydroxyl groups is 1. The van der Waals surface area contributed by atoms with E-state index in [0.29, 0.717) is 18.4 Å². The second-order valence-electron chi connectivity index (χ2n) is 6.94. The summed E-state index contributed by atoms with van der Waals surface area (Å²) in [5, 5.41) is 29.1. The number of hydrogen-bond acceptors (Lipinski definition) is 3. The van der Waals surface area contributed by atoms with Crippen molar-refractivity contribution in [3.05, 3.63) is 47.6 Å². The van der Waals surface area contributed by atoms with Crippen molar-refractivity contribution < 1.29 is 20.1 Å². The highest BCUT2D eigenvalue weighted by molar-refractivity contribution is 5.66. The molecule has 4 nitrogen and oxygen atoms in total. The Hall–Kier alpha value is -2.07. The van der Waals surface area contributed by atoms with Crippen LogP contribution in [0.1, 0.15) is 75.8 Å². The maximum atomic E-state index is 10.5. The molecule has 0 fully saturated rings. The normalized spacial score (nSPS) is 12.8. The van der Waals surface area contributed by atoms with Gasteiger partial charge in [-0.25, -0.2) is 0 Å². The number of phenols is 1. The maximum Gasteiger partial charge on any atom is 0.303 e. The average Bonchev–Trinajstić information content (AvgIpc) is 2.64. The molecule has 150 valence electrons. The van der Waals surface area contributed by atoms with E-state index in [9.17, 15) is 15.0 Å². The molecular weight excluding hydrogens is 340 g/mol. The van der Waals surface area contributed by atoms with Crippen molar-refractivity contribution in [2.24, 2.45) is 0 Å². The summed E-state index contributed by atoms with van der Waals surface area (Å²) in [5.41, 5.74) is 1.56. The molecule has 1 aromatic carbocycles. The van der Waals surface area contributed by atoms with Gasteiger partial charge in [0.25, 0.3) is 0 Å². The Bertz CT molecular complexity index is 604. The van der Waals surface area contributed by atoms with Crippen LogP contribution in [0.3, 0.4) is 0 Å². The first-order valence-electron chi connectivity index (χ1n) is 10.1. The molecule has 3 N–H and O–H groups in total. The largest absolute Gasteiger partial charge is 0.507 e. The molecule has 0 unspecified atom stereocenters. The molecule has 0 aliphatic heterocycles. The Morgan fingerprint density at radius 3 is 2.67 bits per heavy atom. The lowest BCUT2D eigenvalue weighted by Gasteiger charge is -2.08. The van der Waals surface area contributed by atoms with E-state index in [1.165, 1.54) is 19.3 Å². The fraction of sp³-hybridized carbons (Fsp3) is 0.522. The zero-order valence-electron chi connectivity index (χ0n) is 16.4. The van der Waals surface area contributed by atoms with Gasteiger partial charge in [-0.1, -0.05) is 68.7 Å². The molecule has 0 heterocycles. The van der Waals surface area contributed by atoms with Crippen molar-refractivity contribution in [2.75, 3.05) is 0 Å². The molecule has 0 amide bonds. The molecule has 0 radical (unpaired) electrons. The predicted octanol–water partition coefficient (Wildman–Crippen LogP) is 5.48. The van der Waals surface area contributed by atoms with Crippen LogP contribution < -0.4 is 0 Å². The van der Waals surface area contributed by atoms with Gasteiger partial charge in [-0.2, -0.15) is 0 Å². The number of phenolic OH excluding ortho intramolecular Hbond substituents is 1. The van der Waals surface area contributed by atoms with Crippen molar-refractivity contribution in [3.63, 3.8) is 0 Å². The van der Waals surface area contributed by atoms with E-state index in [1.54, 1.807) is 12.2 Å². The number of aliphatic carboxylic acids is 1. The van der Waals surface area contributed by atoms with Gasteiger partial charge in [0, 0.05) is 12.0 Å². The third-order valence-electron chi connectivity index (χ3n) is 4.50. The van der Waals surface area contributed by atoms with Gasteiger partial charge < -0.3 is 15.3 Å². The molecule has 0 aromatic heterocycles. The second-order valence-corrected chi connectivity index (χ2v) is 6.94. The molecule has 1 rings (SSSR count). The van der Waals surface area contributed by atoms with Crippen molar-refractivity contribution in [1.29, 1.82) is 0 Å². The van der Waals surface area contributed by atoms with Crippen LogP contribution in [0.15, 0.2) is 36.4 Å². The van der Waals surface area contributed by atoms with Crippen molar-refractivity contribution in [2.45, 2.75) is 77.2 Å². The second kappa shape index (κ2) is 14.0. The summed E-state index contributed by atoms with van der Waals surface area (Å²) in [6, 6.07) is 5.61. The fourth-order valence-corrected chi connectivity index (χ4v) is 2.87. The number of allylic oxidation sites excluding steroid dienone is 1. The summed E-state index contributed by atoms with van der Waals surface area (Å²) in [4.78, 5) is 10.5. The van der Waals surface area contributed by atoms with Gasteiger partial charge in [0.1, 0.15) is 5.75 Å². The summed E-state index contributed by atoms with van der Waals surface area (Å²) in [7, 11) is 0. The van der Waals surface area contributed by atoms with Crippen molar-refractivity contribution in [1.82, 2.24) is 0 Å². The molecule has 0 aliphatic carbocycles. The molecule has 1 atom stereocenters. The zero-order chi connectivity index (χ0) is 19.9. The van der Waals surface area contributed by atoms with Crippen LogP contribution in [0.4, 0.5) is 0 Å². The first kappa shape index (κ1) is 23.0. The monoisotopic (exact) mass is 374 g/mol. The molecule has 1 aromatic rings. The number of aromatic hydroxyl groups is 1. The molecule has 4 heteroatoms. The smallest absolute Gasteiger partial charge is 0.303 e. The standard InChI is InChI=1S/C23H34O4/c1-2-3-4-5-6-9-15-21(24)18-17-20-14-11-13-19(23(20)27)12-8-7-10-16-22(25)26/h6,9,11,13-14,17-18,21,24,27H,2-5,7-8,10,12,15-16H2,1H3,(H,25,26)/t21-/m0/s1. The lowest BCUT2D eigenvalue weighted by molar-refractivity contribution is -0.137. The number of carboxylic acid groups (broad SMARTS) is 1. The van der Waals surface area contributed by atoms with E-state index in [2.05, 4.69) is 13.0 Å². The number of carbonyl (C=O) groups is 1. The van der Waals surface area contributed by atoms with E-state index in [-0.39, 0.29) is 12.2 Å². The van der Waals surface area contributed by atoms with E-state index in [1.807, 2.05) is 24.3 Å². The summed E-state index contributed by atoms with van der Waals surface area (Å²) >= 11 is 0. The first-order chi connectivity index (χ1) is 13.0. The van der Waals surface area contributed by atoms with Gasteiger partial charge in [-0.05, 0) is 44.1 Å². The van der Waals surface area contributed by atoms with E-state index in [0.717, 1.165) is 31.2 Å². The Morgan fingerprint density at radius 1 is 1.11 bits per heavy atom. The van der Waals surface area contributed by atoms with Gasteiger partial charge in [0.15, 0.2) is 0 Å². The SMILES string of the molecule is CCCCCC=CC[C@H](O)C=Cc1cccc(CCCCCC(=O)O)c1O. The maximum absolute atomic E-state index is 10.5. The van der Waals surface area contributed by atoms with Crippen molar-refractivity contribution in [3.8, 4) is 5.75 Å². The molecule has 0 saturated heterocycles. The van der Waals surface area contributed by atoms with Gasteiger partial charge >= 0.3 is 5.97 Å². The minimum absolute atomic E-state index is 0.194. The summed E-state index contributed by atoms with van der Waals surface area (Å²) < 4.78 is 0. The molecule has 27 heavy (non-hydrogen) atoms. The third kappa shape index (κ3) is 10.6. The fourth-order valence-electron chi connectivity index (χ4n) is 2.87. The van der Waals surface area contributed by atoms with Crippen LogP contribution in [-0.4, -0.2) is 27.4 Å².